The van der Waals surface area contributed by atoms with Gasteiger partial charge in [-0.05, 0) is 55.0 Å². The molecule has 140 valence electrons. The minimum atomic E-state index is -3.22. The number of urea groups is 1. The van der Waals surface area contributed by atoms with Crippen LogP contribution in [0.4, 0.5) is 10.5 Å². The third-order valence-corrected chi connectivity index (χ3v) is 4.79. The first-order valence-corrected chi connectivity index (χ1v) is 10.4. The molecule has 0 aliphatic carbocycles. The molecule has 2 amide bonds. The van der Waals surface area contributed by atoms with Gasteiger partial charge in [0.2, 0.25) is 0 Å². The van der Waals surface area contributed by atoms with E-state index in [1.807, 2.05) is 0 Å². The number of hydrogen-bond acceptors (Lipinski definition) is 4. The molecule has 0 heterocycles. The smallest absolute Gasteiger partial charge is 0.319 e. The number of benzene rings is 2. The molecule has 0 aliphatic heterocycles. The summed E-state index contributed by atoms with van der Waals surface area (Å²) in [6.45, 7) is 2.77. The van der Waals surface area contributed by atoms with Crippen LogP contribution in [0.1, 0.15) is 26.2 Å². The van der Waals surface area contributed by atoms with Gasteiger partial charge in [-0.25, -0.2) is 13.2 Å². The van der Waals surface area contributed by atoms with Crippen molar-refractivity contribution in [1.29, 1.82) is 0 Å². The minimum Gasteiger partial charge on any atom is -0.457 e. The molecule has 0 atom stereocenters. The Labute approximate surface area is 154 Å². The van der Waals surface area contributed by atoms with E-state index >= 15 is 0 Å². The minimum absolute atomic E-state index is 0.230. The van der Waals surface area contributed by atoms with Crippen molar-refractivity contribution in [2.24, 2.45) is 0 Å². The fourth-order valence-electron chi connectivity index (χ4n) is 2.25. The predicted molar refractivity (Wildman–Crippen MR) is 103 cm³/mol. The van der Waals surface area contributed by atoms with Gasteiger partial charge in [0.1, 0.15) is 11.5 Å². The van der Waals surface area contributed by atoms with Crippen LogP contribution in [0.25, 0.3) is 0 Å². The molecule has 26 heavy (non-hydrogen) atoms. The van der Waals surface area contributed by atoms with E-state index in [2.05, 4.69) is 17.6 Å². The van der Waals surface area contributed by atoms with E-state index < -0.39 is 9.84 Å². The number of carbonyl (C=O) groups excluding carboxylic acids is 1. The second-order valence-corrected chi connectivity index (χ2v) is 7.97. The molecule has 0 bridgehead atoms. The van der Waals surface area contributed by atoms with Crippen molar-refractivity contribution >= 4 is 21.6 Å². The number of nitrogens with one attached hydrogen (secondary N) is 2. The Morgan fingerprint density at radius 1 is 0.962 bits per heavy atom. The second kappa shape index (κ2) is 9.24. The Hall–Kier alpha value is -2.54. The van der Waals surface area contributed by atoms with Crippen LogP contribution in [0, 0.1) is 0 Å². The van der Waals surface area contributed by atoms with Crippen LogP contribution < -0.4 is 15.4 Å². The topological polar surface area (TPSA) is 84.5 Å². The highest BCUT2D eigenvalue weighted by molar-refractivity contribution is 7.90. The van der Waals surface area contributed by atoms with E-state index in [1.54, 1.807) is 36.4 Å². The lowest BCUT2D eigenvalue weighted by Crippen LogP contribution is -2.29. The van der Waals surface area contributed by atoms with Gasteiger partial charge in [0.05, 0.1) is 4.90 Å². The van der Waals surface area contributed by atoms with Gasteiger partial charge in [0.25, 0.3) is 0 Å². The first-order chi connectivity index (χ1) is 12.4. The summed E-state index contributed by atoms with van der Waals surface area (Å²) in [4.78, 5) is 12.0. The average molecular weight is 376 g/mol. The summed E-state index contributed by atoms with van der Waals surface area (Å²) in [5, 5.41) is 5.57. The van der Waals surface area contributed by atoms with Crippen molar-refractivity contribution < 1.29 is 17.9 Å². The van der Waals surface area contributed by atoms with Crippen molar-refractivity contribution in [2.45, 2.75) is 31.1 Å². The molecule has 0 fully saturated rings. The Bertz CT molecular complexity index is 816. The molecule has 0 unspecified atom stereocenters. The first-order valence-electron chi connectivity index (χ1n) is 8.51. The van der Waals surface area contributed by atoms with E-state index in [1.165, 1.54) is 12.1 Å². The third-order valence-electron chi connectivity index (χ3n) is 3.67. The monoisotopic (exact) mass is 376 g/mol. The zero-order valence-corrected chi connectivity index (χ0v) is 15.8. The molecule has 0 aliphatic rings. The Kier molecular flexibility index (Phi) is 7.03. The predicted octanol–water partition coefficient (Wildman–Crippen LogP) is 4.19. The van der Waals surface area contributed by atoms with Gasteiger partial charge in [-0.15, -0.1) is 0 Å². The fourth-order valence-corrected chi connectivity index (χ4v) is 2.88. The normalized spacial score (nSPS) is 11.0. The molecule has 6 nitrogen and oxygen atoms in total. The SMILES string of the molecule is CCCCCNC(=O)Nc1ccc(Oc2ccc(S(C)(=O)=O)cc2)cc1. The van der Waals surface area contributed by atoms with Gasteiger partial charge in [0.15, 0.2) is 9.84 Å². The Balaban J connectivity index is 1.88. The van der Waals surface area contributed by atoms with Crippen LogP contribution in [-0.2, 0) is 9.84 Å². The number of rotatable bonds is 8. The zero-order valence-electron chi connectivity index (χ0n) is 15.0. The van der Waals surface area contributed by atoms with Gasteiger partial charge in [-0.1, -0.05) is 19.8 Å². The lowest BCUT2D eigenvalue weighted by Gasteiger charge is -2.09. The maximum atomic E-state index is 11.8. The Morgan fingerprint density at radius 2 is 1.54 bits per heavy atom. The van der Waals surface area contributed by atoms with E-state index in [-0.39, 0.29) is 10.9 Å². The molecule has 0 saturated heterocycles. The molecule has 0 aromatic heterocycles. The molecular formula is C19H24N2O4S. The number of anilines is 1. The number of amides is 2. The molecule has 2 aromatic rings. The number of carbonyl (C=O) groups is 1. The standard InChI is InChI=1S/C19H24N2O4S/c1-3-4-5-14-20-19(22)21-15-6-8-16(9-7-15)25-17-10-12-18(13-11-17)26(2,23)24/h6-13H,3-5,14H2,1-2H3,(H2,20,21,22). The third kappa shape index (κ3) is 6.40. The maximum absolute atomic E-state index is 11.8. The van der Waals surface area contributed by atoms with Crippen LogP contribution in [0.2, 0.25) is 0 Å². The van der Waals surface area contributed by atoms with Gasteiger partial charge < -0.3 is 15.4 Å². The highest BCUT2D eigenvalue weighted by Gasteiger charge is 2.07. The molecule has 2 rings (SSSR count). The van der Waals surface area contributed by atoms with E-state index in [9.17, 15) is 13.2 Å². The van der Waals surface area contributed by atoms with E-state index in [0.717, 1.165) is 25.5 Å². The number of hydrogen-bond donors (Lipinski definition) is 2. The molecule has 0 radical (unpaired) electrons. The zero-order chi connectivity index (χ0) is 19.0. The summed E-state index contributed by atoms with van der Waals surface area (Å²) < 4.78 is 28.6. The van der Waals surface area contributed by atoms with E-state index in [4.69, 9.17) is 4.74 Å². The van der Waals surface area contributed by atoms with Crippen molar-refractivity contribution in [2.75, 3.05) is 18.1 Å². The first kappa shape index (κ1) is 19.8. The summed E-state index contributed by atoms with van der Waals surface area (Å²) in [6, 6.07) is 12.9. The number of ether oxygens (including phenoxy) is 1. The van der Waals surface area contributed by atoms with Gasteiger partial charge in [0, 0.05) is 18.5 Å². The molecule has 2 aromatic carbocycles. The fraction of sp³-hybridized carbons (Fsp3) is 0.316. The van der Waals surface area contributed by atoms with Gasteiger partial charge in [-0.3, -0.25) is 0 Å². The van der Waals surface area contributed by atoms with E-state index in [0.29, 0.717) is 23.7 Å². The Morgan fingerprint density at radius 3 is 2.08 bits per heavy atom. The highest BCUT2D eigenvalue weighted by Crippen LogP contribution is 2.24. The van der Waals surface area contributed by atoms with Crippen LogP contribution >= 0.6 is 0 Å². The van der Waals surface area contributed by atoms with Crippen LogP contribution in [0.15, 0.2) is 53.4 Å². The summed E-state index contributed by atoms with van der Waals surface area (Å²) in [5.41, 5.74) is 0.665. The number of sulfone groups is 1. The van der Waals surface area contributed by atoms with Crippen molar-refractivity contribution in [1.82, 2.24) is 5.32 Å². The molecule has 0 spiro atoms. The van der Waals surface area contributed by atoms with Crippen LogP contribution in [0.5, 0.6) is 11.5 Å². The largest absolute Gasteiger partial charge is 0.457 e. The summed E-state index contributed by atoms with van der Waals surface area (Å²) in [6.07, 6.45) is 4.34. The lowest BCUT2D eigenvalue weighted by molar-refractivity contribution is 0.252. The quantitative estimate of drug-likeness (QED) is 0.677. The van der Waals surface area contributed by atoms with Gasteiger partial charge >= 0.3 is 6.03 Å². The highest BCUT2D eigenvalue weighted by atomic mass is 32.2. The average Bonchev–Trinajstić information content (AvgIpc) is 2.60. The second-order valence-electron chi connectivity index (χ2n) is 5.96. The lowest BCUT2D eigenvalue weighted by atomic mass is 10.2. The van der Waals surface area contributed by atoms with Crippen molar-refractivity contribution in [3.05, 3.63) is 48.5 Å². The molecule has 7 heteroatoms. The molecule has 0 saturated carbocycles. The maximum Gasteiger partial charge on any atom is 0.319 e. The summed E-state index contributed by atoms with van der Waals surface area (Å²) in [7, 11) is -3.22. The van der Waals surface area contributed by atoms with Crippen molar-refractivity contribution in [3.63, 3.8) is 0 Å². The summed E-state index contributed by atoms with van der Waals surface area (Å²) in [5.74, 6) is 1.12. The van der Waals surface area contributed by atoms with Crippen molar-refractivity contribution in [3.8, 4) is 11.5 Å². The summed E-state index contributed by atoms with van der Waals surface area (Å²) >= 11 is 0. The van der Waals surface area contributed by atoms with Crippen LogP contribution in [-0.4, -0.2) is 27.2 Å². The van der Waals surface area contributed by atoms with Gasteiger partial charge in [-0.2, -0.15) is 0 Å². The van der Waals surface area contributed by atoms with Crippen LogP contribution in [0.3, 0.4) is 0 Å². The molecule has 2 N–H and O–H groups in total. The number of unbranched alkanes of at least 4 members (excludes halogenated alkanes) is 2. The molecular weight excluding hydrogens is 352 g/mol.